The van der Waals surface area contributed by atoms with E-state index in [1.165, 1.54) is 25.9 Å². The summed E-state index contributed by atoms with van der Waals surface area (Å²) in [5.74, 6) is 0. The maximum atomic E-state index is 2.36. The fraction of sp³-hybridized carbons (Fsp3) is 1.00. The van der Waals surface area contributed by atoms with Crippen molar-refractivity contribution in [1.29, 1.82) is 0 Å². The molecule has 1 aliphatic rings. The minimum atomic E-state index is 1.16. The third-order valence-electron chi connectivity index (χ3n) is 2.41. The summed E-state index contributed by atoms with van der Waals surface area (Å²) in [7, 11) is 4.28. The minimum absolute atomic E-state index is 1.16. The molecule has 12 heavy (non-hydrogen) atoms. The molecule has 1 saturated heterocycles. The van der Waals surface area contributed by atoms with E-state index >= 15 is 0 Å². The number of hydrogen-bond donors (Lipinski definition) is 0. The summed E-state index contributed by atoms with van der Waals surface area (Å²) in [5.41, 5.74) is 0. The Bertz CT molecular complexity index is 83.8. The van der Waals surface area contributed by atoms with Gasteiger partial charge in [0.1, 0.15) is 0 Å². The average molecular weight is 172 g/mol. The van der Waals surface area contributed by atoms with E-state index in [0.29, 0.717) is 0 Å². The first-order valence-electron chi connectivity index (χ1n) is 5.07. The number of nitrogens with zero attached hydrogens (tertiary/aromatic N) is 2. The fourth-order valence-electron chi connectivity index (χ4n) is 1.10. The average Bonchev–Trinajstić information content (AvgIpc) is 2.55. The third kappa shape index (κ3) is 6.62. The zero-order valence-electron chi connectivity index (χ0n) is 9.14. The molecule has 0 amide bonds. The molecular formula is C10H24N2. The molecule has 1 fully saturated rings. The van der Waals surface area contributed by atoms with Crippen molar-refractivity contribution in [1.82, 2.24) is 9.80 Å². The molecule has 0 unspecified atom stereocenters. The van der Waals surface area contributed by atoms with Gasteiger partial charge in [-0.2, -0.15) is 0 Å². The van der Waals surface area contributed by atoms with Crippen molar-refractivity contribution in [3.05, 3.63) is 0 Å². The van der Waals surface area contributed by atoms with Crippen molar-refractivity contribution in [3.63, 3.8) is 0 Å². The predicted octanol–water partition coefficient (Wildman–Crippen LogP) is 1.67. The number of hydrogen-bond acceptors (Lipinski definition) is 2. The van der Waals surface area contributed by atoms with Gasteiger partial charge in [0.2, 0.25) is 0 Å². The lowest BCUT2D eigenvalue weighted by atomic mass is 10.4. The van der Waals surface area contributed by atoms with Gasteiger partial charge in [-0.05, 0) is 53.1 Å². The van der Waals surface area contributed by atoms with Gasteiger partial charge in [0.15, 0.2) is 0 Å². The monoisotopic (exact) mass is 172 g/mol. The van der Waals surface area contributed by atoms with Crippen LogP contribution < -0.4 is 0 Å². The Kier molecular flexibility index (Phi) is 7.51. The van der Waals surface area contributed by atoms with Gasteiger partial charge in [-0.15, -0.1) is 0 Å². The first kappa shape index (κ1) is 11.9. The van der Waals surface area contributed by atoms with Gasteiger partial charge in [-0.3, -0.25) is 0 Å². The van der Waals surface area contributed by atoms with Crippen LogP contribution in [0.5, 0.6) is 0 Å². The molecule has 1 rings (SSSR count). The van der Waals surface area contributed by atoms with Crippen molar-refractivity contribution in [2.45, 2.75) is 26.7 Å². The molecule has 0 aromatic carbocycles. The van der Waals surface area contributed by atoms with E-state index in [9.17, 15) is 0 Å². The lowest BCUT2D eigenvalue weighted by molar-refractivity contribution is 0.373. The molecule has 1 aliphatic heterocycles. The Balaban J connectivity index is 0.000000202. The summed E-state index contributed by atoms with van der Waals surface area (Å²) in [6, 6.07) is 0. The summed E-state index contributed by atoms with van der Waals surface area (Å²) < 4.78 is 0. The Morgan fingerprint density at radius 1 is 1.08 bits per heavy atom. The van der Waals surface area contributed by atoms with Gasteiger partial charge in [0, 0.05) is 0 Å². The summed E-state index contributed by atoms with van der Waals surface area (Å²) in [6.45, 7) is 9.28. The molecule has 0 aliphatic carbocycles. The van der Waals surface area contributed by atoms with Crippen LogP contribution in [-0.4, -0.2) is 50.1 Å². The summed E-state index contributed by atoms with van der Waals surface area (Å²) in [5, 5.41) is 0. The van der Waals surface area contributed by atoms with E-state index in [2.05, 4.69) is 37.7 Å². The third-order valence-corrected chi connectivity index (χ3v) is 2.41. The number of likely N-dealkylation sites (tertiary alicyclic amines) is 1. The Labute approximate surface area is 77.5 Å². The highest BCUT2D eigenvalue weighted by atomic mass is 15.1. The van der Waals surface area contributed by atoms with Crippen molar-refractivity contribution in [3.8, 4) is 0 Å². The van der Waals surface area contributed by atoms with Crippen molar-refractivity contribution < 1.29 is 0 Å². The van der Waals surface area contributed by atoms with E-state index in [0.717, 1.165) is 13.1 Å². The topological polar surface area (TPSA) is 6.48 Å². The largest absolute Gasteiger partial charge is 0.307 e. The Hall–Kier alpha value is -0.0800. The molecule has 0 bridgehead atoms. The van der Waals surface area contributed by atoms with Crippen LogP contribution in [0.3, 0.4) is 0 Å². The number of rotatable bonds is 2. The van der Waals surface area contributed by atoms with E-state index < -0.39 is 0 Å². The molecule has 2 heteroatoms. The highest BCUT2D eigenvalue weighted by molar-refractivity contribution is 4.59. The standard InChI is InChI=1S/C5H11N.C5H13N/c1-6-4-2-3-5-6;1-4-6(3)5-2/h2-5H2,1H3;4-5H2,1-3H3. The summed E-state index contributed by atoms with van der Waals surface area (Å²) >= 11 is 0. The van der Waals surface area contributed by atoms with E-state index in [4.69, 9.17) is 0 Å². The van der Waals surface area contributed by atoms with Gasteiger partial charge in [0.05, 0.1) is 0 Å². The van der Waals surface area contributed by atoms with Gasteiger partial charge in [-0.1, -0.05) is 13.8 Å². The lowest BCUT2D eigenvalue weighted by Crippen LogP contribution is -2.15. The molecular weight excluding hydrogens is 148 g/mol. The maximum Gasteiger partial charge on any atom is -0.00213 e. The quantitative estimate of drug-likeness (QED) is 0.625. The summed E-state index contributed by atoms with van der Waals surface area (Å²) in [6.07, 6.45) is 2.83. The molecule has 2 nitrogen and oxygen atoms in total. The van der Waals surface area contributed by atoms with Crippen molar-refractivity contribution in [2.75, 3.05) is 40.3 Å². The van der Waals surface area contributed by atoms with Crippen LogP contribution in [0.25, 0.3) is 0 Å². The zero-order chi connectivity index (χ0) is 9.40. The Morgan fingerprint density at radius 2 is 1.50 bits per heavy atom. The SMILES string of the molecule is CCN(C)CC.CN1CCCC1. The predicted molar refractivity (Wildman–Crippen MR) is 55.6 cm³/mol. The molecule has 0 aromatic heterocycles. The Morgan fingerprint density at radius 3 is 1.58 bits per heavy atom. The van der Waals surface area contributed by atoms with E-state index in [1.54, 1.807) is 0 Å². The van der Waals surface area contributed by atoms with Crippen LogP contribution in [-0.2, 0) is 0 Å². The second-order valence-electron chi connectivity index (χ2n) is 3.50. The van der Waals surface area contributed by atoms with Gasteiger partial charge in [-0.25, -0.2) is 0 Å². The molecule has 0 radical (unpaired) electrons. The zero-order valence-corrected chi connectivity index (χ0v) is 9.14. The summed E-state index contributed by atoms with van der Waals surface area (Å²) in [4.78, 5) is 4.61. The highest BCUT2D eigenvalue weighted by Crippen LogP contribution is 2.02. The van der Waals surface area contributed by atoms with Crippen LogP contribution in [0.4, 0.5) is 0 Å². The van der Waals surface area contributed by atoms with Crippen molar-refractivity contribution in [2.24, 2.45) is 0 Å². The smallest absolute Gasteiger partial charge is 0.00213 e. The maximum absolute atomic E-state index is 2.36. The van der Waals surface area contributed by atoms with Gasteiger partial charge < -0.3 is 9.80 Å². The van der Waals surface area contributed by atoms with Gasteiger partial charge in [0.25, 0.3) is 0 Å². The van der Waals surface area contributed by atoms with E-state index in [-0.39, 0.29) is 0 Å². The second-order valence-corrected chi connectivity index (χ2v) is 3.50. The van der Waals surface area contributed by atoms with Crippen molar-refractivity contribution >= 4 is 0 Å². The molecule has 0 atom stereocenters. The minimum Gasteiger partial charge on any atom is -0.307 e. The molecule has 1 heterocycles. The second kappa shape index (κ2) is 7.56. The molecule has 0 N–H and O–H groups in total. The molecule has 0 saturated carbocycles. The van der Waals surface area contributed by atoms with Crippen LogP contribution in [0.15, 0.2) is 0 Å². The van der Waals surface area contributed by atoms with Gasteiger partial charge >= 0.3 is 0 Å². The van der Waals surface area contributed by atoms with E-state index in [1.807, 2.05) is 0 Å². The molecule has 74 valence electrons. The van der Waals surface area contributed by atoms with Crippen LogP contribution >= 0.6 is 0 Å². The normalized spacial score (nSPS) is 17.8. The first-order valence-corrected chi connectivity index (χ1v) is 5.07. The molecule has 0 aromatic rings. The first-order chi connectivity index (χ1) is 5.70. The molecule has 0 spiro atoms. The fourth-order valence-corrected chi connectivity index (χ4v) is 1.10. The van der Waals surface area contributed by atoms with Crippen LogP contribution in [0.1, 0.15) is 26.7 Å². The lowest BCUT2D eigenvalue weighted by Gasteiger charge is -2.07. The van der Waals surface area contributed by atoms with Crippen LogP contribution in [0, 0.1) is 0 Å². The van der Waals surface area contributed by atoms with Crippen LogP contribution in [0.2, 0.25) is 0 Å². The highest BCUT2D eigenvalue weighted by Gasteiger charge is 2.03.